The molecule has 16 heteroatoms. The van der Waals surface area contributed by atoms with Crippen LogP contribution in [-0.2, 0) is 4.79 Å². The van der Waals surface area contributed by atoms with Gasteiger partial charge in [0, 0.05) is 12.3 Å². The number of aromatic nitrogens is 3. The molecule has 0 aromatic carbocycles. The van der Waals surface area contributed by atoms with Crippen LogP contribution < -0.4 is 15.6 Å². The Kier molecular flexibility index (Phi) is 6.63. The molecule has 4 heterocycles. The lowest BCUT2D eigenvalue weighted by atomic mass is 10.1. The summed E-state index contributed by atoms with van der Waals surface area (Å²) >= 11 is 0. The zero-order valence-corrected chi connectivity index (χ0v) is 19.1. The second-order valence-corrected chi connectivity index (χ2v) is 8.42. The van der Waals surface area contributed by atoms with Gasteiger partial charge in [0.05, 0.1) is 36.7 Å². The van der Waals surface area contributed by atoms with Crippen LogP contribution in [0.2, 0.25) is 0 Å². The van der Waals surface area contributed by atoms with E-state index in [0.717, 1.165) is 17.0 Å². The molecular formula is C22H16F7N5O4. The molecule has 0 bridgehead atoms. The Bertz CT molecular complexity index is 1510. The van der Waals surface area contributed by atoms with Crippen LogP contribution in [0.1, 0.15) is 23.7 Å². The lowest BCUT2D eigenvalue weighted by molar-refractivity contribution is -0.290. The summed E-state index contributed by atoms with van der Waals surface area (Å²) in [5.41, 5.74) is -2.56. The molecule has 0 saturated carbocycles. The molecule has 0 radical (unpaired) electrons. The predicted octanol–water partition coefficient (Wildman–Crippen LogP) is 2.47. The molecule has 1 aliphatic heterocycles. The molecule has 38 heavy (non-hydrogen) atoms. The van der Waals surface area contributed by atoms with Crippen molar-refractivity contribution >= 4 is 28.7 Å². The summed E-state index contributed by atoms with van der Waals surface area (Å²) in [7, 11) is 0. The van der Waals surface area contributed by atoms with Gasteiger partial charge in [0.1, 0.15) is 17.2 Å². The number of pyridine rings is 3. The quantitative estimate of drug-likeness (QED) is 0.474. The molecule has 1 fully saturated rings. The van der Waals surface area contributed by atoms with E-state index in [4.69, 9.17) is 0 Å². The van der Waals surface area contributed by atoms with E-state index in [2.05, 4.69) is 9.97 Å². The average Bonchev–Trinajstić information content (AvgIpc) is 3.16. The minimum absolute atomic E-state index is 0.0923. The second-order valence-electron chi connectivity index (χ2n) is 8.42. The largest absolute Gasteiger partial charge is 0.455 e. The Hall–Kier alpha value is -4.08. The molecule has 4 rings (SSSR count). The van der Waals surface area contributed by atoms with Crippen molar-refractivity contribution in [2.24, 2.45) is 0 Å². The van der Waals surface area contributed by atoms with E-state index < -0.39 is 75.5 Å². The van der Waals surface area contributed by atoms with Gasteiger partial charge >= 0.3 is 12.1 Å². The van der Waals surface area contributed by atoms with Crippen molar-refractivity contribution in [3.05, 3.63) is 58.0 Å². The Labute approximate surface area is 207 Å². The first kappa shape index (κ1) is 27.0. The molecule has 202 valence electrons. The molecule has 2 amide bonds. The molecule has 2 atom stereocenters. The van der Waals surface area contributed by atoms with Crippen LogP contribution in [0.4, 0.5) is 36.6 Å². The summed E-state index contributed by atoms with van der Waals surface area (Å²) in [6, 6.07) is -0.184. The lowest BCUT2D eigenvalue weighted by Crippen LogP contribution is -2.54. The molecule has 3 aromatic heterocycles. The number of aliphatic hydroxyl groups is 1. The van der Waals surface area contributed by atoms with Crippen LogP contribution in [0.3, 0.4) is 0 Å². The van der Waals surface area contributed by atoms with Gasteiger partial charge in [0.2, 0.25) is 11.3 Å². The van der Waals surface area contributed by atoms with E-state index in [1.54, 1.807) is 0 Å². The van der Waals surface area contributed by atoms with Gasteiger partial charge in [0.25, 0.3) is 5.91 Å². The third-order valence-corrected chi connectivity index (χ3v) is 5.75. The highest BCUT2D eigenvalue weighted by Crippen LogP contribution is 2.38. The van der Waals surface area contributed by atoms with Crippen LogP contribution in [0, 0.1) is 11.6 Å². The number of fused-ring (bicyclic) bond motifs is 1. The van der Waals surface area contributed by atoms with E-state index in [9.17, 15) is 50.2 Å². The molecule has 3 aromatic rings. The van der Waals surface area contributed by atoms with Crippen LogP contribution >= 0.6 is 0 Å². The Morgan fingerprint density at radius 3 is 2.45 bits per heavy atom. The van der Waals surface area contributed by atoms with Gasteiger partial charge in [-0.05, 0) is 19.1 Å². The highest BCUT2D eigenvalue weighted by atomic mass is 19.4. The standard InChI is InChI=1S/C22H16F7N5O4/c1-9(21(25,26)22(27,28)29)31-20(38)13-8-34(19-14(24)4-10(23)6-30-19)18-12(17(13)37)2-3-15(32-18)33-7-11(35)5-16(33)36/h2-4,6,8-9,11,35H,5,7H2,1H3,(H,31,38)/t9?,11-/m0/s1. The predicted molar refractivity (Wildman–Crippen MR) is 116 cm³/mol. The Morgan fingerprint density at radius 1 is 1.18 bits per heavy atom. The minimum Gasteiger partial charge on any atom is -0.391 e. The van der Waals surface area contributed by atoms with Crippen LogP contribution in [0.5, 0.6) is 0 Å². The number of alkyl halides is 5. The third kappa shape index (κ3) is 4.66. The number of amides is 2. The number of carbonyl (C=O) groups excluding carboxylic acids is 2. The SMILES string of the molecule is CC(NC(=O)c1cn(-c2ncc(F)cc2F)c2nc(N3C[C@@H](O)CC3=O)ccc2c1=O)C(F)(F)C(F)(F)F. The van der Waals surface area contributed by atoms with E-state index in [0.29, 0.717) is 30.0 Å². The number of rotatable bonds is 5. The van der Waals surface area contributed by atoms with Crippen LogP contribution in [0.15, 0.2) is 35.4 Å². The molecule has 1 aliphatic rings. The summed E-state index contributed by atoms with van der Waals surface area (Å²) in [5, 5.41) is 10.7. The first-order chi connectivity index (χ1) is 17.6. The summed E-state index contributed by atoms with van der Waals surface area (Å²) in [4.78, 5) is 46.7. The number of aliphatic hydroxyl groups excluding tert-OH is 1. The molecule has 0 aliphatic carbocycles. The van der Waals surface area contributed by atoms with E-state index in [1.165, 1.54) is 5.32 Å². The van der Waals surface area contributed by atoms with Gasteiger partial charge in [-0.15, -0.1) is 0 Å². The third-order valence-electron chi connectivity index (χ3n) is 5.75. The van der Waals surface area contributed by atoms with Gasteiger partial charge in [-0.1, -0.05) is 0 Å². The Morgan fingerprint density at radius 2 is 1.87 bits per heavy atom. The summed E-state index contributed by atoms with van der Waals surface area (Å²) in [6.45, 7) is 0.220. The fourth-order valence-electron chi connectivity index (χ4n) is 3.77. The number of hydrogen-bond acceptors (Lipinski definition) is 6. The van der Waals surface area contributed by atoms with E-state index >= 15 is 0 Å². The second kappa shape index (κ2) is 9.34. The van der Waals surface area contributed by atoms with Crippen LogP contribution in [-0.4, -0.2) is 62.2 Å². The maximum Gasteiger partial charge on any atom is 0.455 e. The molecule has 2 N–H and O–H groups in total. The monoisotopic (exact) mass is 547 g/mol. The average molecular weight is 547 g/mol. The van der Waals surface area contributed by atoms with Gasteiger partial charge in [0.15, 0.2) is 17.3 Å². The van der Waals surface area contributed by atoms with Crippen molar-refractivity contribution in [2.45, 2.75) is 37.6 Å². The molecule has 9 nitrogen and oxygen atoms in total. The summed E-state index contributed by atoms with van der Waals surface area (Å²) in [5.74, 6) is -10.7. The first-order valence-electron chi connectivity index (χ1n) is 10.7. The first-order valence-corrected chi connectivity index (χ1v) is 10.7. The van der Waals surface area contributed by atoms with Crippen molar-refractivity contribution in [1.82, 2.24) is 19.9 Å². The van der Waals surface area contributed by atoms with Crippen molar-refractivity contribution < 1.29 is 45.4 Å². The smallest absolute Gasteiger partial charge is 0.391 e. The van der Waals surface area contributed by atoms with Gasteiger partial charge in [-0.2, -0.15) is 22.0 Å². The zero-order valence-electron chi connectivity index (χ0n) is 19.1. The van der Waals surface area contributed by atoms with Crippen molar-refractivity contribution in [3.8, 4) is 5.82 Å². The highest BCUT2D eigenvalue weighted by Gasteiger charge is 2.61. The zero-order chi connectivity index (χ0) is 28.2. The van der Waals surface area contributed by atoms with Crippen molar-refractivity contribution in [2.75, 3.05) is 11.4 Å². The van der Waals surface area contributed by atoms with Crippen molar-refractivity contribution in [1.29, 1.82) is 0 Å². The van der Waals surface area contributed by atoms with E-state index in [-0.39, 0.29) is 18.8 Å². The summed E-state index contributed by atoms with van der Waals surface area (Å²) < 4.78 is 94.3. The molecule has 1 unspecified atom stereocenters. The number of β-amino-alcohol motifs (C(OH)–C–C–N with tert-alkyl or cyclic N) is 1. The fourth-order valence-corrected chi connectivity index (χ4v) is 3.77. The number of hydrogen-bond donors (Lipinski definition) is 2. The number of halogens is 7. The maximum atomic E-state index is 14.7. The number of carbonyl (C=O) groups is 2. The minimum atomic E-state index is -6.01. The molecular weight excluding hydrogens is 531 g/mol. The van der Waals surface area contributed by atoms with Gasteiger partial charge < -0.3 is 10.4 Å². The number of anilines is 1. The van der Waals surface area contributed by atoms with Crippen molar-refractivity contribution in [3.63, 3.8) is 0 Å². The van der Waals surface area contributed by atoms with Crippen LogP contribution in [0.25, 0.3) is 16.9 Å². The van der Waals surface area contributed by atoms with Gasteiger partial charge in [-0.25, -0.2) is 18.7 Å². The molecule has 0 spiro atoms. The summed E-state index contributed by atoms with van der Waals surface area (Å²) in [6.07, 6.45) is -6.06. The molecule has 1 saturated heterocycles. The van der Waals surface area contributed by atoms with Gasteiger partial charge in [-0.3, -0.25) is 23.9 Å². The number of nitrogens with zero attached hydrogens (tertiary/aromatic N) is 4. The van der Waals surface area contributed by atoms with E-state index in [1.807, 2.05) is 0 Å². The highest BCUT2D eigenvalue weighted by molar-refractivity contribution is 5.99. The fraction of sp³-hybridized carbons (Fsp3) is 0.318. The topological polar surface area (TPSA) is 117 Å². The number of nitrogens with one attached hydrogen (secondary N) is 1. The normalized spacial score (nSPS) is 17.2. The maximum absolute atomic E-state index is 14.7. The lowest BCUT2D eigenvalue weighted by Gasteiger charge is -2.26. The Balaban J connectivity index is 1.89.